The second kappa shape index (κ2) is 8.00. The average molecular weight is 384 g/mol. The smallest absolute Gasteiger partial charge is 0.229 e. The molecule has 1 saturated heterocycles. The molecule has 0 bridgehead atoms. The van der Waals surface area contributed by atoms with Crippen LogP contribution in [0.3, 0.4) is 0 Å². The van der Waals surface area contributed by atoms with Gasteiger partial charge in [-0.25, -0.2) is 4.39 Å². The second-order valence-electron chi connectivity index (χ2n) is 7.97. The van der Waals surface area contributed by atoms with Gasteiger partial charge in [0.05, 0.1) is 5.92 Å². The van der Waals surface area contributed by atoms with Crippen molar-refractivity contribution in [2.45, 2.75) is 39.3 Å². The lowest BCUT2D eigenvalue weighted by molar-refractivity contribution is -0.131. The zero-order valence-corrected chi connectivity index (χ0v) is 16.4. The van der Waals surface area contributed by atoms with Crippen molar-refractivity contribution in [2.75, 3.05) is 11.9 Å². The third-order valence-electron chi connectivity index (χ3n) is 4.78. The highest BCUT2D eigenvalue weighted by molar-refractivity contribution is 5.97. The number of hydrogen-bond acceptors (Lipinski definition) is 3. The summed E-state index contributed by atoms with van der Waals surface area (Å²) in [6.07, 6.45) is 0.229. The number of nitrogens with one attached hydrogen (secondary N) is 1. The summed E-state index contributed by atoms with van der Waals surface area (Å²) in [5.74, 6) is -0.244. The number of ether oxygens (including phenoxy) is 1. The van der Waals surface area contributed by atoms with Crippen LogP contribution >= 0.6 is 0 Å². The van der Waals surface area contributed by atoms with E-state index in [2.05, 4.69) is 5.32 Å². The van der Waals surface area contributed by atoms with E-state index in [-0.39, 0.29) is 42.1 Å². The summed E-state index contributed by atoms with van der Waals surface area (Å²) < 4.78 is 19.2. The minimum atomic E-state index is -0.358. The van der Waals surface area contributed by atoms with Crippen LogP contribution in [-0.4, -0.2) is 28.8 Å². The maximum Gasteiger partial charge on any atom is 0.229 e. The fourth-order valence-corrected chi connectivity index (χ4v) is 3.19. The summed E-state index contributed by atoms with van der Waals surface area (Å²) in [6.45, 7) is 6.45. The molecule has 148 valence electrons. The van der Waals surface area contributed by atoms with Crippen LogP contribution in [0, 0.1) is 11.7 Å². The van der Waals surface area contributed by atoms with Gasteiger partial charge in [0, 0.05) is 29.8 Å². The van der Waals surface area contributed by atoms with Gasteiger partial charge in [0.1, 0.15) is 18.2 Å². The lowest BCUT2D eigenvalue weighted by Gasteiger charge is -2.31. The number of carbonyl (C=O) groups excluding carboxylic acids is 2. The zero-order chi connectivity index (χ0) is 20.3. The van der Waals surface area contributed by atoms with Crippen LogP contribution in [0.2, 0.25) is 0 Å². The summed E-state index contributed by atoms with van der Waals surface area (Å²) >= 11 is 0. The number of nitrogens with zero attached hydrogens (tertiary/aromatic N) is 1. The first-order chi connectivity index (χ1) is 13.2. The quantitative estimate of drug-likeness (QED) is 0.848. The molecule has 0 spiro atoms. The summed E-state index contributed by atoms with van der Waals surface area (Å²) in [5, 5.41) is 2.85. The summed E-state index contributed by atoms with van der Waals surface area (Å²) in [4.78, 5) is 26.4. The van der Waals surface area contributed by atoms with E-state index < -0.39 is 0 Å². The molecule has 2 amide bonds. The van der Waals surface area contributed by atoms with Crippen molar-refractivity contribution in [1.82, 2.24) is 4.90 Å². The predicted molar refractivity (Wildman–Crippen MR) is 105 cm³/mol. The Labute approximate surface area is 164 Å². The largest absolute Gasteiger partial charge is 0.489 e. The van der Waals surface area contributed by atoms with Crippen LogP contribution in [0.1, 0.15) is 32.8 Å². The summed E-state index contributed by atoms with van der Waals surface area (Å²) in [7, 11) is 0. The highest BCUT2D eigenvalue weighted by atomic mass is 19.1. The van der Waals surface area contributed by atoms with E-state index in [4.69, 9.17) is 4.74 Å². The zero-order valence-electron chi connectivity index (χ0n) is 16.4. The van der Waals surface area contributed by atoms with E-state index in [9.17, 15) is 14.0 Å². The van der Waals surface area contributed by atoms with Crippen LogP contribution in [-0.2, 0) is 16.2 Å². The SMILES string of the molecule is CC(C)(C)N1CC(C(=O)Nc2ccc(OCc3ccccc3F)cc2)CC1=O. The highest BCUT2D eigenvalue weighted by Gasteiger charge is 2.39. The first kappa shape index (κ1) is 19.9. The Bertz CT molecular complexity index is 859. The maximum absolute atomic E-state index is 13.6. The third kappa shape index (κ3) is 4.68. The van der Waals surface area contributed by atoms with E-state index in [1.54, 1.807) is 47.4 Å². The van der Waals surface area contributed by atoms with Crippen molar-refractivity contribution >= 4 is 17.5 Å². The molecular weight excluding hydrogens is 359 g/mol. The number of carbonyl (C=O) groups is 2. The normalized spacial score (nSPS) is 16.9. The lowest BCUT2D eigenvalue weighted by atomic mass is 10.1. The van der Waals surface area contributed by atoms with E-state index in [1.807, 2.05) is 20.8 Å². The van der Waals surface area contributed by atoms with Crippen LogP contribution in [0.15, 0.2) is 48.5 Å². The summed E-state index contributed by atoms with van der Waals surface area (Å²) in [6, 6.07) is 13.4. The van der Waals surface area contributed by atoms with Gasteiger partial charge >= 0.3 is 0 Å². The Balaban J connectivity index is 1.55. The molecule has 1 fully saturated rings. The number of rotatable bonds is 5. The van der Waals surface area contributed by atoms with Gasteiger partial charge in [0.25, 0.3) is 0 Å². The topological polar surface area (TPSA) is 58.6 Å². The highest BCUT2D eigenvalue weighted by Crippen LogP contribution is 2.27. The van der Waals surface area contributed by atoms with Gasteiger partial charge in [0.2, 0.25) is 11.8 Å². The Morgan fingerprint density at radius 2 is 1.86 bits per heavy atom. The van der Waals surface area contributed by atoms with Gasteiger partial charge in [-0.3, -0.25) is 9.59 Å². The van der Waals surface area contributed by atoms with Crippen LogP contribution in [0.25, 0.3) is 0 Å². The fourth-order valence-electron chi connectivity index (χ4n) is 3.19. The molecule has 1 atom stereocenters. The molecule has 2 aromatic rings. The average Bonchev–Trinajstić information content (AvgIpc) is 3.05. The number of anilines is 1. The molecule has 6 heteroatoms. The van der Waals surface area contributed by atoms with Crippen molar-refractivity contribution in [3.8, 4) is 5.75 Å². The van der Waals surface area contributed by atoms with Gasteiger partial charge in [-0.05, 0) is 51.1 Å². The minimum absolute atomic E-state index is 0.00421. The molecule has 1 heterocycles. The van der Waals surface area contributed by atoms with Crippen molar-refractivity contribution in [2.24, 2.45) is 5.92 Å². The number of benzene rings is 2. The minimum Gasteiger partial charge on any atom is -0.489 e. The standard InChI is InChI=1S/C22H25FN2O3/c1-22(2,3)25-13-16(12-20(25)26)21(27)24-17-8-10-18(11-9-17)28-14-15-6-4-5-7-19(15)23/h4-11,16H,12-14H2,1-3H3,(H,24,27). The maximum atomic E-state index is 13.6. The predicted octanol–water partition coefficient (Wildman–Crippen LogP) is 3.99. The molecule has 1 aliphatic rings. The molecule has 1 unspecified atom stereocenters. The first-order valence-electron chi connectivity index (χ1n) is 9.31. The van der Waals surface area contributed by atoms with Crippen molar-refractivity contribution in [1.29, 1.82) is 0 Å². The third-order valence-corrected chi connectivity index (χ3v) is 4.78. The van der Waals surface area contributed by atoms with E-state index >= 15 is 0 Å². The van der Waals surface area contributed by atoms with Crippen molar-refractivity contribution in [3.63, 3.8) is 0 Å². The second-order valence-corrected chi connectivity index (χ2v) is 7.97. The Morgan fingerprint density at radius 1 is 1.18 bits per heavy atom. The van der Waals surface area contributed by atoms with E-state index in [0.29, 0.717) is 23.5 Å². The van der Waals surface area contributed by atoms with Crippen LogP contribution < -0.4 is 10.1 Å². The number of halogens is 1. The van der Waals surface area contributed by atoms with Gasteiger partial charge in [0.15, 0.2) is 0 Å². The van der Waals surface area contributed by atoms with Gasteiger partial charge in [-0.1, -0.05) is 18.2 Å². The number of hydrogen-bond donors (Lipinski definition) is 1. The van der Waals surface area contributed by atoms with Crippen LogP contribution in [0.4, 0.5) is 10.1 Å². The monoisotopic (exact) mass is 384 g/mol. The lowest BCUT2D eigenvalue weighted by Crippen LogP contribution is -2.42. The van der Waals surface area contributed by atoms with Gasteiger partial charge in [-0.2, -0.15) is 0 Å². The molecule has 0 aliphatic carbocycles. The molecule has 2 aromatic carbocycles. The molecule has 1 N–H and O–H groups in total. The Morgan fingerprint density at radius 3 is 2.46 bits per heavy atom. The van der Waals surface area contributed by atoms with Gasteiger partial charge < -0.3 is 15.0 Å². The number of amides is 2. The van der Waals surface area contributed by atoms with Crippen molar-refractivity contribution in [3.05, 3.63) is 59.9 Å². The molecule has 0 aromatic heterocycles. The van der Waals surface area contributed by atoms with E-state index in [1.165, 1.54) is 6.07 Å². The van der Waals surface area contributed by atoms with Crippen LogP contribution in [0.5, 0.6) is 5.75 Å². The first-order valence-corrected chi connectivity index (χ1v) is 9.31. The fraction of sp³-hybridized carbons (Fsp3) is 0.364. The Hall–Kier alpha value is -2.89. The molecule has 0 saturated carbocycles. The molecule has 28 heavy (non-hydrogen) atoms. The molecule has 5 nitrogen and oxygen atoms in total. The molecular formula is C22H25FN2O3. The molecule has 1 aliphatic heterocycles. The number of likely N-dealkylation sites (tertiary alicyclic amines) is 1. The Kier molecular flexibility index (Phi) is 5.68. The van der Waals surface area contributed by atoms with E-state index in [0.717, 1.165) is 0 Å². The van der Waals surface area contributed by atoms with Crippen molar-refractivity contribution < 1.29 is 18.7 Å². The van der Waals surface area contributed by atoms with Gasteiger partial charge in [-0.15, -0.1) is 0 Å². The molecule has 3 rings (SSSR count). The molecule has 0 radical (unpaired) electrons. The summed E-state index contributed by atoms with van der Waals surface area (Å²) in [5.41, 5.74) is 0.822.